The van der Waals surface area contributed by atoms with Crippen LogP contribution in [-0.4, -0.2) is 54.6 Å². The van der Waals surface area contributed by atoms with E-state index in [4.69, 9.17) is 0 Å². The topological polar surface area (TPSA) is 82.1 Å². The molecule has 1 saturated heterocycles. The molecule has 1 heterocycles. The molecule has 31 heavy (non-hydrogen) atoms. The number of aliphatic imine (C=N–C) groups is 1. The van der Waals surface area contributed by atoms with Gasteiger partial charge in [0.05, 0.1) is 17.9 Å². The summed E-state index contributed by atoms with van der Waals surface area (Å²) in [5, 5.41) is 2.34. The third-order valence-corrected chi connectivity index (χ3v) is 5.45. The first-order chi connectivity index (χ1) is 15.0. The van der Waals surface area contributed by atoms with Crippen LogP contribution in [0.2, 0.25) is 0 Å². The van der Waals surface area contributed by atoms with E-state index in [-0.39, 0.29) is 0 Å². The maximum Gasteiger partial charge on any atom is 0.335 e. The van der Waals surface area contributed by atoms with Gasteiger partial charge in [-0.25, -0.2) is 9.69 Å². The average Bonchev–Trinajstić information content (AvgIpc) is 2.77. The first kappa shape index (κ1) is 22.4. The van der Waals surface area contributed by atoms with Crippen molar-refractivity contribution in [1.29, 1.82) is 0 Å². The summed E-state index contributed by atoms with van der Waals surface area (Å²) in [6.07, 6.45) is 0. The van der Waals surface area contributed by atoms with Crippen molar-refractivity contribution >= 4 is 29.2 Å². The second-order valence-corrected chi connectivity index (χ2v) is 7.35. The van der Waals surface area contributed by atoms with Gasteiger partial charge in [0, 0.05) is 6.54 Å². The minimum absolute atomic E-state index is 0.376. The Bertz CT molecular complexity index is 983. The molecule has 162 valence electrons. The molecule has 0 bridgehead atoms. The smallest absolute Gasteiger partial charge is 0.302 e. The summed E-state index contributed by atoms with van der Waals surface area (Å²) in [5.41, 5.74) is 2.29. The molecule has 2 aromatic carbocycles. The Morgan fingerprint density at radius 3 is 2.29 bits per heavy atom. The molecule has 7 nitrogen and oxygen atoms in total. The Hall–Kier alpha value is -3.32. The predicted octanol–water partition coefficient (Wildman–Crippen LogP) is 3.03. The van der Waals surface area contributed by atoms with E-state index in [2.05, 4.69) is 29.1 Å². The van der Waals surface area contributed by atoms with Gasteiger partial charge in [0.1, 0.15) is 0 Å². The highest BCUT2D eigenvalue weighted by atomic mass is 16.2. The predicted molar refractivity (Wildman–Crippen MR) is 121 cm³/mol. The number of likely N-dealkylation sites (N-methyl/N-ethyl adjacent to an activating group) is 1. The lowest BCUT2D eigenvalue weighted by Gasteiger charge is -2.31. The summed E-state index contributed by atoms with van der Waals surface area (Å²) in [5.74, 6) is -2.44. The maximum absolute atomic E-state index is 13.5. The van der Waals surface area contributed by atoms with Crippen molar-refractivity contribution in [2.45, 2.75) is 20.8 Å². The Morgan fingerprint density at radius 2 is 1.65 bits per heavy atom. The highest BCUT2D eigenvalue weighted by molar-refractivity contribution is 6.37. The van der Waals surface area contributed by atoms with Crippen LogP contribution in [0.5, 0.6) is 0 Å². The summed E-state index contributed by atoms with van der Waals surface area (Å²) in [6.45, 7) is 8.92. The number of anilines is 1. The van der Waals surface area contributed by atoms with Gasteiger partial charge in [-0.2, -0.15) is 0 Å². The fourth-order valence-electron chi connectivity index (χ4n) is 3.67. The summed E-state index contributed by atoms with van der Waals surface area (Å²) in [7, 11) is 0. The lowest BCUT2D eigenvalue weighted by molar-refractivity contribution is -0.131. The Kier molecular flexibility index (Phi) is 7.31. The SMILES string of the molecule is CCN(CC)CCN=C(c1ccccc1)C1C(=O)NC(=O)N(c2ccccc2C)C1=O. The van der Waals surface area contributed by atoms with Crippen molar-refractivity contribution in [3.63, 3.8) is 0 Å². The molecule has 1 fully saturated rings. The quantitative estimate of drug-likeness (QED) is 0.526. The average molecular weight is 421 g/mol. The van der Waals surface area contributed by atoms with Crippen molar-refractivity contribution in [1.82, 2.24) is 10.2 Å². The van der Waals surface area contributed by atoms with Gasteiger partial charge in [-0.05, 0) is 37.2 Å². The molecule has 1 aliphatic heterocycles. The van der Waals surface area contributed by atoms with E-state index in [1.54, 1.807) is 12.1 Å². The molecule has 1 N–H and O–H groups in total. The number of carbonyl (C=O) groups excluding carboxylic acids is 3. The highest BCUT2D eigenvalue weighted by Crippen LogP contribution is 2.26. The number of urea groups is 1. The minimum atomic E-state index is -1.20. The van der Waals surface area contributed by atoms with Gasteiger partial charge in [0.25, 0.3) is 5.91 Å². The fourth-order valence-corrected chi connectivity index (χ4v) is 3.67. The molecule has 0 radical (unpaired) electrons. The molecular weight excluding hydrogens is 392 g/mol. The number of hydrogen-bond acceptors (Lipinski definition) is 5. The first-order valence-electron chi connectivity index (χ1n) is 10.5. The van der Waals surface area contributed by atoms with Crippen molar-refractivity contribution in [2.75, 3.05) is 31.1 Å². The third-order valence-electron chi connectivity index (χ3n) is 5.45. The van der Waals surface area contributed by atoms with Gasteiger partial charge in [0.15, 0.2) is 5.92 Å². The van der Waals surface area contributed by atoms with E-state index in [1.807, 2.05) is 49.4 Å². The number of barbiturate groups is 1. The molecule has 0 spiro atoms. The number of imide groups is 2. The summed E-state index contributed by atoms with van der Waals surface area (Å²) in [4.78, 5) is 46.8. The number of benzene rings is 2. The van der Waals surface area contributed by atoms with Crippen LogP contribution in [0.25, 0.3) is 0 Å². The minimum Gasteiger partial charge on any atom is -0.302 e. The summed E-state index contributed by atoms with van der Waals surface area (Å²) >= 11 is 0. The zero-order valence-corrected chi connectivity index (χ0v) is 18.2. The van der Waals surface area contributed by atoms with E-state index >= 15 is 0 Å². The number of nitrogens with zero attached hydrogens (tertiary/aromatic N) is 3. The van der Waals surface area contributed by atoms with Crippen LogP contribution in [0, 0.1) is 12.8 Å². The lowest BCUT2D eigenvalue weighted by atomic mass is 9.92. The lowest BCUT2D eigenvalue weighted by Crippen LogP contribution is -2.60. The van der Waals surface area contributed by atoms with Crippen LogP contribution in [-0.2, 0) is 9.59 Å². The third kappa shape index (κ3) is 4.88. The second-order valence-electron chi connectivity index (χ2n) is 7.35. The van der Waals surface area contributed by atoms with E-state index in [0.717, 1.165) is 23.6 Å². The normalized spacial score (nSPS) is 17.3. The maximum atomic E-state index is 13.5. The van der Waals surface area contributed by atoms with Crippen molar-refractivity contribution in [3.8, 4) is 0 Å². The van der Waals surface area contributed by atoms with Gasteiger partial charge in [-0.1, -0.05) is 62.4 Å². The Labute approximate surface area is 182 Å². The first-order valence-corrected chi connectivity index (χ1v) is 10.5. The van der Waals surface area contributed by atoms with Crippen LogP contribution in [0.3, 0.4) is 0 Å². The highest BCUT2D eigenvalue weighted by Gasteiger charge is 2.44. The molecule has 2 aromatic rings. The number of carbonyl (C=O) groups is 3. The summed E-state index contributed by atoms with van der Waals surface area (Å²) < 4.78 is 0. The van der Waals surface area contributed by atoms with E-state index in [1.165, 1.54) is 0 Å². The number of hydrogen-bond donors (Lipinski definition) is 1. The molecule has 7 heteroatoms. The molecule has 4 amide bonds. The van der Waals surface area contributed by atoms with Crippen molar-refractivity contribution < 1.29 is 14.4 Å². The van der Waals surface area contributed by atoms with Crippen LogP contribution in [0.1, 0.15) is 25.0 Å². The zero-order chi connectivity index (χ0) is 22.4. The standard InChI is InChI=1S/C24H28N4O3/c1-4-27(5-2)16-15-25-21(18-12-7-6-8-13-18)20-22(29)26-24(31)28(23(20)30)19-14-10-9-11-17(19)3/h6-14,20H,4-5,15-16H2,1-3H3,(H,26,29,31). The monoisotopic (exact) mass is 420 g/mol. The molecule has 0 aromatic heterocycles. The molecule has 1 unspecified atom stereocenters. The van der Waals surface area contributed by atoms with E-state index in [9.17, 15) is 14.4 Å². The van der Waals surface area contributed by atoms with Gasteiger partial charge in [-0.15, -0.1) is 0 Å². The second kappa shape index (κ2) is 10.1. The van der Waals surface area contributed by atoms with Crippen LogP contribution in [0.15, 0.2) is 59.6 Å². The summed E-state index contributed by atoms with van der Waals surface area (Å²) in [6, 6.07) is 15.5. The largest absolute Gasteiger partial charge is 0.335 e. The van der Waals surface area contributed by atoms with Crippen LogP contribution < -0.4 is 10.2 Å². The molecule has 1 atom stereocenters. The molecule has 0 saturated carbocycles. The molecular formula is C24H28N4O3. The van der Waals surface area contributed by atoms with Gasteiger partial charge >= 0.3 is 6.03 Å². The van der Waals surface area contributed by atoms with Crippen molar-refractivity contribution in [2.24, 2.45) is 10.9 Å². The van der Waals surface area contributed by atoms with E-state index < -0.39 is 23.8 Å². The van der Waals surface area contributed by atoms with E-state index in [0.29, 0.717) is 30.1 Å². The zero-order valence-electron chi connectivity index (χ0n) is 18.2. The number of amides is 4. The molecule has 0 aliphatic carbocycles. The molecule has 3 rings (SSSR count). The number of aryl methyl sites for hydroxylation is 1. The van der Waals surface area contributed by atoms with Crippen molar-refractivity contribution in [3.05, 3.63) is 65.7 Å². The van der Waals surface area contributed by atoms with Gasteiger partial charge < -0.3 is 4.90 Å². The number of para-hydroxylation sites is 1. The Morgan fingerprint density at radius 1 is 1.00 bits per heavy atom. The van der Waals surface area contributed by atoms with Crippen LogP contribution >= 0.6 is 0 Å². The van der Waals surface area contributed by atoms with Gasteiger partial charge in [0.2, 0.25) is 5.91 Å². The van der Waals surface area contributed by atoms with Crippen LogP contribution in [0.4, 0.5) is 10.5 Å². The fraction of sp³-hybridized carbons (Fsp3) is 0.333. The number of nitrogens with one attached hydrogen (secondary N) is 1. The molecule has 1 aliphatic rings. The van der Waals surface area contributed by atoms with Gasteiger partial charge in [-0.3, -0.25) is 19.9 Å². The number of rotatable bonds is 8. The Balaban J connectivity index is 2.00.